The molecule has 0 aliphatic carbocycles. The number of aliphatic hydroxyl groups is 2. The minimum Gasteiger partial charge on any atom is -0.399 e. The van der Waals surface area contributed by atoms with E-state index < -0.39 is 4.92 Å². The molecule has 0 bridgehead atoms. The van der Waals surface area contributed by atoms with Gasteiger partial charge in [-0.2, -0.15) is 0 Å². The van der Waals surface area contributed by atoms with Gasteiger partial charge in [-0.3, -0.25) is 10.1 Å². The van der Waals surface area contributed by atoms with Crippen LogP contribution in [0, 0.1) is 10.1 Å². The molecule has 4 N–H and O–H groups in total. The van der Waals surface area contributed by atoms with Crippen LogP contribution in [0.15, 0.2) is 48.5 Å². The van der Waals surface area contributed by atoms with E-state index in [-0.39, 0.29) is 17.9 Å². The van der Waals surface area contributed by atoms with Crippen molar-refractivity contribution in [1.29, 1.82) is 0 Å². The Morgan fingerprint density at radius 1 is 0.833 bits per heavy atom. The maximum Gasteiger partial charge on any atom is 0.269 e. The Balaban J connectivity index is 0.000000172. The molecule has 2 heterocycles. The molecule has 0 saturated carbocycles. The van der Waals surface area contributed by atoms with Crippen molar-refractivity contribution in [3.63, 3.8) is 0 Å². The molecule has 4 rings (SSSR count). The van der Waals surface area contributed by atoms with E-state index in [9.17, 15) is 20.3 Å². The Labute approximate surface area is 176 Å². The highest BCUT2D eigenvalue weighted by Gasteiger charge is 2.19. The number of nitrogens with zero attached hydrogens (tertiary/aromatic N) is 3. The molecule has 2 aromatic rings. The van der Waals surface area contributed by atoms with Crippen LogP contribution in [0.2, 0.25) is 0 Å². The van der Waals surface area contributed by atoms with Crippen molar-refractivity contribution in [2.24, 2.45) is 0 Å². The number of nitro groups is 1. The van der Waals surface area contributed by atoms with Crippen LogP contribution in [0.3, 0.4) is 0 Å². The largest absolute Gasteiger partial charge is 0.399 e. The summed E-state index contributed by atoms with van der Waals surface area (Å²) in [5.41, 5.74) is 8.58. The molecule has 0 radical (unpaired) electrons. The molecule has 0 amide bonds. The first-order valence-electron chi connectivity index (χ1n) is 10.4. The Bertz CT molecular complexity index is 813. The lowest BCUT2D eigenvalue weighted by molar-refractivity contribution is -0.384. The van der Waals surface area contributed by atoms with Crippen molar-refractivity contribution in [2.75, 3.05) is 41.7 Å². The zero-order chi connectivity index (χ0) is 21.5. The molecule has 2 aromatic carbocycles. The summed E-state index contributed by atoms with van der Waals surface area (Å²) < 4.78 is 0. The first-order valence-corrected chi connectivity index (χ1v) is 10.4. The fraction of sp³-hybridized carbons (Fsp3) is 0.455. The quantitative estimate of drug-likeness (QED) is 0.402. The van der Waals surface area contributed by atoms with Crippen molar-refractivity contribution >= 4 is 22.7 Å². The van der Waals surface area contributed by atoms with E-state index >= 15 is 0 Å². The molecule has 2 saturated heterocycles. The molecule has 162 valence electrons. The van der Waals surface area contributed by atoms with Crippen LogP contribution in [0.1, 0.15) is 25.7 Å². The van der Waals surface area contributed by atoms with Crippen LogP contribution in [0.4, 0.5) is 22.7 Å². The highest BCUT2D eigenvalue weighted by atomic mass is 16.6. The third-order valence-corrected chi connectivity index (χ3v) is 5.48. The van der Waals surface area contributed by atoms with E-state index in [1.807, 2.05) is 24.3 Å². The molecule has 0 spiro atoms. The van der Waals surface area contributed by atoms with Gasteiger partial charge in [0.25, 0.3) is 5.69 Å². The Kier molecular flexibility index (Phi) is 7.48. The molecule has 2 fully saturated rings. The van der Waals surface area contributed by atoms with Gasteiger partial charge in [0.2, 0.25) is 0 Å². The summed E-state index contributed by atoms with van der Waals surface area (Å²) in [6.45, 7) is 3.28. The van der Waals surface area contributed by atoms with Crippen molar-refractivity contribution in [3.8, 4) is 0 Å². The van der Waals surface area contributed by atoms with Gasteiger partial charge in [-0.15, -0.1) is 0 Å². The summed E-state index contributed by atoms with van der Waals surface area (Å²) >= 11 is 0. The minimum absolute atomic E-state index is 0.0984. The number of hydrogen-bond acceptors (Lipinski definition) is 7. The summed E-state index contributed by atoms with van der Waals surface area (Å²) in [7, 11) is 0. The molecule has 2 atom stereocenters. The van der Waals surface area contributed by atoms with Gasteiger partial charge in [-0.1, -0.05) is 0 Å². The van der Waals surface area contributed by atoms with Gasteiger partial charge in [0, 0.05) is 55.4 Å². The number of β-amino-alcohol motifs (C(OH)–C–C–N with tert-alkyl or cyclic N) is 2. The van der Waals surface area contributed by atoms with Gasteiger partial charge in [0.15, 0.2) is 0 Å². The molecule has 2 aliphatic rings. The van der Waals surface area contributed by atoms with Crippen LogP contribution >= 0.6 is 0 Å². The number of aliphatic hydroxyl groups excluding tert-OH is 2. The number of benzene rings is 2. The van der Waals surface area contributed by atoms with Crippen molar-refractivity contribution in [3.05, 3.63) is 58.6 Å². The normalized spacial score (nSPS) is 21.5. The number of non-ortho nitro benzene ring substituents is 1. The first-order chi connectivity index (χ1) is 14.4. The Hall–Kier alpha value is -2.84. The number of rotatable bonds is 3. The minimum atomic E-state index is -0.408. The van der Waals surface area contributed by atoms with Gasteiger partial charge in [-0.25, -0.2) is 0 Å². The molecular formula is C22H30N4O4. The fourth-order valence-electron chi connectivity index (χ4n) is 3.85. The molecule has 8 nitrogen and oxygen atoms in total. The molecule has 30 heavy (non-hydrogen) atoms. The average molecular weight is 415 g/mol. The summed E-state index contributed by atoms with van der Waals surface area (Å²) in [5, 5.41) is 29.6. The third kappa shape index (κ3) is 6.08. The van der Waals surface area contributed by atoms with Crippen LogP contribution in [-0.2, 0) is 0 Å². The zero-order valence-corrected chi connectivity index (χ0v) is 17.1. The van der Waals surface area contributed by atoms with Gasteiger partial charge in [0.1, 0.15) is 0 Å². The fourth-order valence-corrected chi connectivity index (χ4v) is 3.85. The smallest absolute Gasteiger partial charge is 0.269 e. The Morgan fingerprint density at radius 3 is 1.67 bits per heavy atom. The molecule has 0 unspecified atom stereocenters. The second kappa shape index (κ2) is 10.3. The topological polar surface area (TPSA) is 116 Å². The first kappa shape index (κ1) is 21.9. The molecule has 2 aliphatic heterocycles. The molecule has 8 heteroatoms. The average Bonchev–Trinajstić information content (AvgIpc) is 2.75. The second-order valence-corrected chi connectivity index (χ2v) is 7.85. The van der Waals surface area contributed by atoms with Gasteiger partial charge < -0.3 is 25.7 Å². The SMILES string of the molecule is Nc1ccc(N2CCC[C@@H](O)C2)cc1.O=[N+]([O-])c1ccc(N2CCC[C@@H](O)C2)cc1. The summed E-state index contributed by atoms with van der Waals surface area (Å²) in [4.78, 5) is 14.3. The van der Waals surface area contributed by atoms with E-state index in [0.717, 1.165) is 62.4 Å². The van der Waals surface area contributed by atoms with E-state index in [4.69, 9.17) is 5.73 Å². The van der Waals surface area contributed by atoms with E-state index in [1.165, 1.54) is 12.1 Å². The van der Waals surface area contributed by atoms with Crippen LogP contribution in [-0.4, -0.2) is 53.5 Å². The number of nitrogen functional groups attached to an aromatic ring is 1. The van der Waals surface area contributed by atoms with Gasteiger partial charge >= 0.3 is 0 Å². The highest BCUT2D eigenvalue weighted by molar-refractivity contribution is 5.53. The summed E-state index contributed by atoms with van der Waals surface area (Å²) in [6.07, 6.45) is 3.31. The predicted molar refractivity (Wildman–Crippen MR) is 119 cm³/mol. The van der Waals surface area contributed by atoms with Crippen molar-refractivity contribution in [2.45, 2.75) is 37.9 Å². The van der Waals surface area contributed by atoms with Gasteiger partial charge in [-0.05, 0) is 62.1 Å². The van der Waals surface area contributed by atoms with Crippen LogP contribution in [0.25, 0.3) is 0 Å². The van der Waals surface area contributed by atoms with Gasteiger partial charge in [0.05, 0.1) is 17.1 Å². The molecular weight excluding hydrogens is 384 g/mol. The van der Waals surface area contributed by atoms with Crippen molar-refractivity contribution < 1.29 is 15.1 Å². The lowest BCUT2D eigenvalue weighted by atomic mass is 10.1. The predicted octanol–water partition coefficient (Wildman–Crippen LogP) is 2.79. The maximum absolute atomic E-state index is 10.5. The third-order valence-electron chi connectivity index (χ3n) is 5.48. The second-order valence-electron chi connectivity index (χ2n) is 7.85. The lowest BCUT2D eigenvalue weighted by Crippen LogP contribution is -2.38. The highest BCUT2D eigenvalue weighted by Crippen LogP contribution is 2.23. The van der Waals surface area contributed by atoms with Crippen molar-refractivity contribution in [1.82, 2.24) is 0 Å². The van der Waals surface area contributed by atoms with E-state index in [0.29, 0.717) is 6.54 Å². The van der Waals surface area contributed by atoms with E-state index in [2.05, 4.69) is 9.80 Å². The van der Waals surface area contributed by atoms with Crippen LogP contribution in [0.5, 0.6) is 0 Å². The summed E-state index contributed by atoms with van der Waals surface area (Å²) in [5.74, 6) is 0. The molecule has 0 aromatic heterocycles. The monoisotopic (exact) mass is 414 g/mol. The van der Waals surface area contributed by atoms with Crippen LogP contribution < -0.4 is 15.5 Å². The van der Waals surface area contributed by atoms with E-state index in [1.54, 1.807) is 12.1 Å². The maximum atomic E-state index is 10.5. The Morgan fingerprint density at radius 2 is 1.27 bits per heavy atom. The number of nitrogens with two attached hydrogens (primary N) is 1. The number of nitro benzene ring substituents is 1. The standard InChI is InChI=1S/C11H14N2O3.C11H16N2O/c14-11-2-1-7-12(8-11)9-3-5-10(6-4-9)13(15)16;12-9-3-5-10(6-4-9)13-7-1-2-11(14)8-13/h3-6,11,14H,1-2,7-8H2;3-6,11,14H,1-2,7-8,12H2/t2*11-/m11/s1. The number of piperidine rings is 2. The lowest BCUT2D eigenvalue weighted by Gasteiger charge is -2.31. The number of hydrogen-bond donors (Lipinski definition) is 3. The summed E-state index contributed by atoms with van der Waals surface area (Å²) in [6, 6.07) is 14.3. The zero-order valence-electron chi connectivity index (χ0n) is 17.1. The number of anilines is 3.